The minimum Gasteiger partial charge on any atom is -0.489 e. The number of ether oxygens (including phenoxy) is 1. The lowest BCUT2D eigenvalue weighted by molar-refractivity contribution is 0.280. The largest absolute Gasteiger partial charge is 0.489 e. The molecule has 6 rings (SSSR count). The van der Waals surface area contributed by atoms with Gasteiger partial charge in [-0.05, 0) is 61.1 Å². The molecule has 1 aromatic heterocycles. The van der Waals surface area contributed by atoms with Crippen molar-refractivity contribution in [2.75, 3.05) is 0 Å². The normalized spacial score (nSPS) is 28.9. The van der Waals surface area contributed by atoms with Crippen molar-refractivity contribution in [1.29, 1.82) is 0 Å². The van der Waals surface area contributed by atoms with Gasteiger partial charge in [-0.2, -0.15) is 0 Å². The van der Waals surface area contributed by atoms with Crippen molar-refractivity contribution in [3.05, 3.63) is 79.8 Å². The second kappa shape index (κ2) is 7.31. The molecule has 4 unspecified atom stereocenters. The van der Waals surface area contributed by atoms with Crippen molar-refractivity contribution < 1.29 is 4.74 Å². The number of benzene rings is 2. The number of H-pyrrole nitrogens is 1. The van der Waals surface area contributed by atoms with Crippen LogP contribution in [0.2, 0.25) is 0 Å². The van der Waals surface area contributed by atoms with Gasteiger partial charge < -0.3 is 9.72 Å². The van der Waals surface area contributed by atoms with E-state index in [2.05, 4.69) is 60.4 Å². The fourth-order valence-corrected chi connectivity index (χ4v) is 8.88. The summed E-state index contributed by atoms with van der Waals surface area (Å²) in [6, 6.07) is 16.9. The topological polar surface area (TPSA) is 42.1 Å². The lowest BCUT2D eigenvalue weighted by Gasteiger charge is -2.40. The molecule has 1 aliphatic heterocycles. The fraction of sp³-hybridized carbons (Fsp3) is 0.400. The van der Waals surface area contributed by atoms with Crippen LogP contribution in [0.3, 0.4) is 0 Å². The number of thiazole rings is 1. The molecule has 3 aliphatic rings. The minimum absolute atomic E-state index is 0.0723. The Kier molecular flexibility index (Phi) is 4.57. The van der Waals surface area contributed by atoms with Crippen molar-refractivity contribution in [1.82, 2.24) is 4.98 Å². The van der Waals surface area contributed by atoms with Crippen LogP contribution in [0.25, 0.3) is 0 Å². The lowest BCUT2D eigenvalue weighted by Crippen LogP contribution is -2.33. The highest BCUT2D eigenvalue weighted by molar-refractivity contribution is 8.00. The minimum atomic E-state index is 0.0723. The third kappa shape index (κ3) is 2.97. The van der Waals surface area contributed by atoms with E-state index in [0.717, 1.165) is 22.6 Å². The van der Waals surface area contributed by atoms with Gasteiger partial charge in [0.2, 0.25) is 0 Å². The number of thioether (sulfide) groups is 1. The molecule has 3 nitrogen and oxygen atoms in total. The average Bonchev–Trinajstić information content (AvgIpc) is 3.46. The van der Waals surface area contributed by atoms with Crippen LogP contribution in [-0.4, -0.2) is 10.2 Å². The fourth-order valence-electron chi connectivity index (χ4n) is 5.99. The van der Waals surface area contributed by atoms with Gasteiger partial charge in [-0.25, -0.2) is 0 Å². The Bertz CT molecular complexity index is 1150. The van der Waals surface area contributed by atoms with Gasteiger partial charge in [-0.15, -0.1) is 11.8 Å². The highest BCUT2D eigenvalue weighted by Crippen LogP contribution is 2.64. The van der Waals surface area contributed by atoms with E-state index in [1.54, 1.807) is 0 Å². The zero-order valence-corrected chi connectivity index (χ0v) is 18.6. The Labute approximate surface area is 184 Å². The number of hydrogen-bond acceptors (Lipinski definition) is 4. The quantitative estimate of drug-likeness (QED) is 0.548. The molecule has 3 aromatic rings. The van der Waals surface area contributed by atoms with Crippen LogP contribution in [0.4, 0.5) is 0 Å². The summed E-state index contributed by atoms with van der Waals surface area (Å²) in [5, 5.41) is 1.73. The zero-order chi connectivity index (χ0) is 20.2. The van der Waals surface area contributed by atoms with Gasteiger partial charge in [0.15, 0.2) is 0 Å². The molecule has 154 valence electrons. The third-order valence-electron chi connectivity index (χ3n) is 7.36. The molecule has 0 spiro atoms. The Morgan fingerprint density at radius 3 is 2.77 bits per heavy atom. The number of aromatic nitrogens is 1. The van der Waals surface area contributed by atoms with Gasteiger partial charge in [0.1, 0.15) is 12.4 Å². The summed E-state index contributed by atoms with van der Waals surface area (Å²) in [7, 11) is 0. The van der Waals surface area contributed by atoms with Crippen LogP contribution in [0, 0.1) is 24.7 Å². The van der Waals surface area contributed by atoms with E-state index in [1.807, 2.05) is 11.8 Å². The summed E-state index contributed by atoms with van der Waals surface area (Å²) in [4.78, 5) is 16.7. The van der Waals surface area contributed by atoms with E-state index >= 15 is 0 Å². The predicted octanol–water partition coefficient (Wildman–Crippen LogP) is 5.98. The van der Waals surface area contributed by atoms with Crippen molar-refractivity contribution in [2.24, 2.45) is 17.8 Å². The maximum Gasteiger partial charge on any atom is 0.305 e. The number of fused-ring (bicyclic) bond motifs is 6. The molecule has 0 radical (unpaired) electrons. The van der Waals surface area contributed by atoms with Crippen LogP contribution in [0.5, 0.6) is 5.75 Å². The maximum absolute atomic E-state index is 12.3. The van der Waals surface area contributed by atoms with Crippen molar-refractivity contribution in [3.8, 4) is 5.75 Å². The third-order valence-corrected chi connectivity index (χ3v) is 9.99. The molecule has 2 bridgehead atoms. The number of aromatic amines is 1. The van der Waals surface area contributed by atoms with Gasteiger partial charge in [0, 0.05) is 21.6 Å². The number of aryl methyl sites for hydroxylation is 1. The van der Waals surface area contributed by atoms with E-state index in [1.165, 1.54) is 52.2 Å². The first-order valence-electron chi connectivity index (χ1n) is 10.8. The first-order chi connectivity index (χ1) is 14.7. The van der Waals surface area contributed by atoms with Crippen molar-refractivity contribution in [3.63, 3.8) is 0 Å². The second-order valence-electron chi connectivity index (χ2n) is 8.93. The number of para-hydroxylation sites is 1. The summed E-state index contributed by atoms with van der Waals surface area (Å²) in [5.41, 5.74) is 3.73. The molecule has 0 amide bonds. The summed E-state index contributed by atoms with van der Waals surface area (Å²) >= 11 is 3.35. The van der Waals surface area contributed by atoms with Crippen LogP contribution >= 0.6 is 23.1 Å². The molecule has 5 atom stereocenters. The molecule has 2 fully saturated rings. The molecule has 30 heavy (non-hydrogen) atoms. The van der Waals surface area contributed by atoms with Gasteiger partial charge in [-0.1, -0.05) is 53.8 Å². The van der Waals surface area contributed by atoms with Crippen LogP contribution in [0.15, 0.2) is 58.4 Å². The molecule has 2 aliphatic carbocycles. The summed E-state index contributed by atoms with van der Waals surface area (Å²) in [5.74, 6) is 3.40. The van der Waals surface area contributed by atoms with E-state index in [-0.39, 0.29) is 10.8 Å². The number of rotatable bonds is 4. The van der Waals surface area contributed by atoms with E-state index in [9.17, 15) is 4.79 Å². The first kappa shape index (κ1) is 18.8. The molecule has 0 saturated heterocycles. The molecular weight excluding hydrogens is 410 g/mol. The highest BCUT2D eigenvalue weighted by atomic mass is 32.2. The summed E-state index contributed by atoms with van der Waals surface area (Å²) < 4.78 is 6.42. The molecular formula is C25H25NO2S2. The molecule has 2 aromatic carbocycles. The monoisotopic (exact) mass is 435 g/mol. The lowest BCUT2D eigenvalue weighted by atomic mass is 9.74. The van der Waals surface area contributed by atoms with E-state index < -0.39 is 0 Å². The van der Waals surface area contributed by atoms with Gasteiger partial charge >= 0.3 is 4.87 Å². The molecule has 2 heterocycles. The Morgan fingerprint density at radius 1 is 1.07 bits per heavy atom. The molecule has 5 heteroatoms. The standard InChI is InChI=1S/C25H25NO2S2/c1-14-6-2-3-7-17(14)13-28-19-9-5-4-8-18(19)21-20-15-10-11-16(12-15)22(20)29-24-23(21)30-25(27)26-24/h2-9,15-16,20-22H,10-13H2,1H3,(H,26,27)/t15?,16?,20?,21-,22?/m1/s1. The first-order valence-corrected chi connectivity index (χ1v) is 12.5. The number of nitrogens with one attached hydrogen (secondary N) is 1. The predicted molar refractivity (Wildman–Crippen MR) is 123 cm³/mol. The summed E-state index contributed by atoms with van der Waals surface area (Å²) in [6.07, 6.45) is 4.04. The van der Waals surface area contributed by atoms with Gasteiger partial charge in [0.05, 0.1) is 5.03 Å². The molecule has 2 saturated carbocycles. The maximum atomic E-state index is 12.3. The average molecular weight is 436 g/mol. The second-order valence-corrected chi connectivity index (χ2v) is 11.1. The molecule has 1 N–H and O–H groups in total. The Balaban J connectivity index is 1.41. The SMILES string of the molecule is Cc1ccccc1COc1ccccc1[C@H]1c2sc(=O)[nH]c2SC2C3CCC(C3)C21. The Hall–Kier alpha value is -1.98. The van der Waals surface area contributed by atoms with Crippen molar-refractivity contribution in [2.45, 2.75) is 49.0 Å². The van der Waals surface area contributed by atoms with E-state index in [4.69, 9.17) is 4.74 Å². The van der Waals surface area contributed by atoms with Gasteiger partial charge in [0.25, 0.3) is 0 Å². The van der Waals surface area contributed by atoms with Crippen LogP contribution in [0.1, 0.15) is 46.7 Å². The van der Waals surface area contributed by atoms with E-state index in [0.29, 0.717) is 17.8 Å². The summed E-state index contributed by atoms with van der Waals surface area (Å²) in [6.45, 7) is 2.70. The van der Waals surface area contributed by atoms with Gasteiger partial charge in [-0.3, -0.25) is 4.79 Å². The van der Waals surface area contributed by atoms with Crippen molar-refractivity contribution >= 4 is 23.1 Å². The smallest absolute Gasteiger partial charge is 0.305 e. The Morgan fingerprint density at radius 2 is 1.87 bits per heavy atom. The van der Waals surface area contributed by atoms with Crippen LogP contribution in [-0.2, 0) is 6.61 Å². The zero-order valence-electron chi connectivity index (χ0n) is 17.0. The van der Waals surface area contributed by atoms with Crippen LogP contribution < -0.4 is 9.61 Å². The highest BCUT2D eigenvalue weighted by Gasteiger charge is 2.55. The number of hydrogen-bond donors (Lipinski definition) is 1.